The number of halogens is 2. The van der Waals surface area contributed by atoms with Gasteiger partial charge < -0.3 is 10.3 Å². The number of nitrogens with one attached hydrogen (secondary N) is 2. The summed E-state index contributed by atoms with van der Waals surface area (Å²) in [4.78, 5) is 27.4. The molecule has 110 valence electrons. The molecule has 2 aromatic carbocycles. The largest absolute Gasteiger partial charge is 0.360 e. The summed E-state index contributed by atoms with van der Waals surface area (Å²) in [6.07, 6.45) is 1.35. The van der Waals surface area contributed by atoms with Crippen LogP contribution in [0.5, 0.6) is 0 Å². The molecule has 0 saturated carbocycles. The number of H-pyrrole nitrogens is 1. The lowest BCUT2D eigenvalue weighted by atomic mass is 10.1. The number of anilines is 1. The second kappa shape index (κ2) is 5.61. The summed E-state index contributed by atoms with van der Waals surface area (Å²) in [6.45, 7) is 0. The average molecular weight is 317 g/mol. The van der Waals surface area contributed by atoms with Crippen LogP contribution in [0.1, 0.15) is 10.4 Å². The highest BCUT2D eigenvalue weighted by atomic mass is 35.5. The minimum absolute atomic E-state index is 0.0286. The van der Waals surface area contributed by atoms with Gasteiger partial charge >= 0.3 is 0 Å². The van der Waals surface area contributed by atoms with E-state index in [2.05, 4.69) is 10.3 Å². The van der Waals surface area contributed by atoms with Crippen LogP contribution in [0.2, 0.25) is 5.02 Å². The first kappa shape index (κ1) is 14.3. The fraction of sp³-hybridized carbons (Fsp3) is 0. The van der Waals surface area contributed by atoms with Crippen LogP contribution in [0.25, 0.3) is 10.9 Å². The molecule has 0 aliphatic carbocycles. The number of fused-ring (bicyclic) bond motifs is 1. The number of para-hydroxylation sites is 1. The first-order chi connectivity index (χ1) is 10.6. The molecule has 0 atom stereocenters. The third kappa shape index (κ3) is 2.58. The molecule has 0 saturated heterocycles. The monoisotopic (exact) mass is 316 g/mol. The minimum Gasteiger partial charge on any atom is -0.360 e. The number of amides is 1. The summed E-state index contributed by atoms with van der Waals surface area (Å²) in [5.74, 6) is -1.17. The molecule has 1 amide bonds. The average Bonchev–Trinajstić information content (AvgIpc) is 2.51. The van der Waals surface area contributed by atoms with E-state index in [9.17, 15) is 14.0 Å². The van der Waals surface area contributed by atoms with Gasteiger partial charge in [0.2, 0.25) is 5.43 Å². The van der Waals surface area contributed by atoms with Crippen molar-refractivity contribution in [3.8, 4) is 0 Å². The van der Waals surface area contributed by atoms with E-state index in [4.69, 9.17) is 11.6 Å². The third-order valence-electron chi connectivity index (χ3n) is 3.21. The Bertz CT molecular complexity index is 937. The molecule has 22 heavy (non-hydrogen) atoms. The molecular weight excluding hydrogens is 307 g/mol. The first-order valence-electron chi connectivity index (χ1n) is 6.43. The Morgan fingerprint density at radius 2 is 1.95 bits per heavy atom. The van der Waals surface area contributed by atoms with Gasteiger partial charge in [0.1, 0.15) is 11.4 Å². The van der Waals surface area contributed by atoms with Crippen molar-refractivity contribution < 1.29 is 9.18 Å². The number of aromatic amines is 1. The van der Waals surface area contributed by atoms with Gasteiger partial charge in [-0.25, -0.2) is 4.39 Å². The van der Waals surface area contributed by atoms with E-state index < -0.39 is 11.7 Å². The van der Waals surface area contributed by atoms with Crippen LogP contribution in [-0.4, -0.2) is 10.9 Å². The van der Waals surface area contributed by atoms with Gasteiger partial charge in [0.15, 0.2) is 0 Å². The molecule has 0 bridgehead atoms. The lowest BCUT2D eigenvalue weighted by molar-refractivity contribution is 0.102. The maximum atomic E-state index is 13.1. The van der Waals surface area contributed by atoms with Crippen LogP contribution >= 0.6 is 11.6 Å². The lowest BCUT2D eigenvalue weighted by Gasteiger charge is -2.06. The van der Waals surface area contributed by atoms with Crippen molar-refractivity contribution in [2.24, 2.45) is 0 Å². The Morgan fingerprint density at radius 1 is 1.18 bits per heavy atom. The van der Waals surface area contributed by atoms with Crippen molar-refractivity contribution in [2.75, 3.05) is 5.32 Å². The van der Waals surface area contributed by atoms with Gasteiger partial charge in [0, 0.05) is 22.8 Å². The Kier molecular flexibility index (Phi) is 3.65. The van der Waals surface area contributed by atoms with Crippen molar-refractivity contribution in [1.29, 1.82) is 0 Å². The number of hydrogen-bond acceptors (Lipinski definition) is 2. The third-order valence-corrected chi connectivity index (χ3v) is 3.50. The van der Waals surface area contributed by atoms with Crippen LogP contribution < -0.4 is 10.7 Å². The SMILES string of the molecule is O=C(Nc1ccc(F)c(Cl)c1)c1c[nH]c2ccccc2c1=O. The van der Waals surface area contributed by atoms with Gasteiger partial charge in [0.05, 0.1) is 5.02 Å². The van der Waals surface area contributed by atoms with Gasteiger partial charge in [-0.1, -0.05) is 23.7 Å². The van der Waals surface area contributed by atoms with Crippen LogP contribution in [-0.2, 0) is 0 Å². The molecular formula is C16H10ClFN2O2. The molecule has 1 aromatic heterocycles. The predicted octanol–water partition coefficient (Wildman–Crippen LogP) is 3.57. The fourth-order valence-electron chi connectivity index (χ4n) is 2.11. The van der Waals surface area contributed by atoms with Crippen LogP contribution in [0.15, 0.2) is 53.5 Å². The number of benzene rings is 2. The van der Waals surface area contributed by atoms with Gasteiger partial charge in [-0.2, -0.15) is 0 Å². The highest BCUT2D eigenvalue weighted by Crippen LogP contribution is 2.19. The van der Waals surface area contributed by atoms with E-state index in [0.717, 1.165) is 6.07 Å². The van der Waals surface area contributed by atoms with Crippen LogP contribution in [0.4, 0.5) is 10.1 Å². The maximum Gasteiger partial charge on any atom is 0.261 e. The van der Waals surface area contributed by atoms with Crippen molar-refractivity contribution in [3.63, 3.8) is 0 Å². The molecule has 1 heterocycles. The topological polar surface area (TPSA) is 62.0 Å². The van der Waals surface area contributed by atoms with Crippen molar-refractivity contribution >= 4 is 34.1 Å². The Balaban J connectivity index is 1.97. The summed E-state index contributed by atoms with van der Waals surface area (Å²) in [5.41, 5.74) is 0.553. The van der Waals surface area contributed by atoms with Gasteiger partial charge in [-0.15, -0.1) is 0 Å². The smallest absolute Gasteiger partial charge is 0.261 e. The molecule has 2 N–H and O–H groups in total. The summed E-state index contributed by atoms with van der Waals surface area (Å²) < 4.78 is 13.1. The zero-order valence-electron chi connectivity index (χ0n) is 11.2. The molecule has 0 unspecified atom stereocenters. The molecule has 0 radical (unpaired) electrons. The fourth-order valence-corrected chi connectivity index (χ4v) is 2.29. The Morgan fingerprint density at radius 3 is 2.73 bits per heavy atom. The number of hydrogen-bond donors (Lipinski definition) is 2. The molecule has 0 aliphatic heterocycles. The summed E-state index contributed by atoms with van der Waals surface area (Å²) in [5, 5.41) is 2.84. The van der Waals surface area contributed by atoms with Gasteiger partial charge in [-0.05, 0) is 30.3 Å². The first-order valence-corrected chi connectivity index (χ1v) is 6.81. The minimum atomic E-state index is -0.588. The Hall–Kier alpha value is -2.66. The highest BCUT2D eigenvalue weighted by Gasteiger charge is 2.13. The summed E-state index contributed by atoms with van der Waals surface area (Å²) >= 11 is 5.66. The molecule has 4 nitrogen and oxygen atoms in total. The van der Waals surface area contributed by atoms with Crippen molar-refractivity contribution in [3.05, 3.63) is 75.3 Å². The van der Waals surface area contributed by atoms with E-state index in [1.54, 1.807) is 24.3 Å². The van der Waals surface area contributed by atoms with Gasteiger partial charge in [-0.3, -0.25) is 9.59 Å². The Labute approximate surface area is 129 Å². The zero-order valence-corrected chi connectivity index (χ0v) is 11.9. The van der Waals surface area contributed by atoms with E-state index >= 15 is 0 Å². The number of carbonyl (C=O) groups excluding carboxylic acids is 1. The molecule has 0 fully saturated rings. The van der Waals surface area contributed by atoms with E-state index in [1.807, 2.05) is 0 Å². The van der Waals surface area contributed by atoms with E-state index in [1.165, 1.54) is 18.3 Å². The number of rotatable bonds is 2. The van der Waals surface area contributed by atoms with Crippen molar-refractivity contribution in [1.82, 2.24) is 4.98 Å². The quantitative estimate of drug-likeness (QED) is 0.759. The highest BCUT2D eigenvalue weighted by molar-refractivity contribution is 6.31. The molecule has 6 heteroatoms. The number of aromatic nitrogens is 1. The molecule has 3 rings (SSSR count). The number of pyridine rings is 1. The van der Waals surface area contributed by atoms with Crippen LogP contribution in [0, 0.1) is 5.82 Å². The second-order valence-electron chi connectivity index (χ2n) is 4.66. The van der Waals surface area contributed by atoms with E-state index in [-0.39, 0.29) is 16.0 Å². The van der Waals surface area contributed by atoms with Crippen LogP contribution in [0.3, 0.4) is 0 Å². The molecule has 0 spiro atoms. The molecule has 0 aliphatic rings. The summed E-state index contributed by atoms with van der Waals surface area (Å²) in [6, 6.07) is 10.7. The number of carbonyl (C=O) groups is 1. The normalized spacial score (nSPS) is 10.6. The predicted molar refractivity (Wildman–Crippen MR) is 83.9 cm³/mol. The maximum absolute atomic E-state index is 13.1. The zero-order chi connectivity index (χ0) is 15.7. The summed E-state index contributed by atoms with van der Waals surface area (Å²) in [7, 11) is 0. The van der Waals surface area contributed by atoms with E-state index in [0.29, 0.717) is 16.6 Å². The van der Waals surface area contributed by atoms with Crippen molar-refractivity contribution in [2.45, 2.75) is 0 Å². The van der Waals surface area contributed by atoms with Gasteiger partial charge in [0.25, 0.3) is 5.91 Å². The lowest BCUT2D eigenvalue weighted by Crippen LogP contribution is -2.21. The molecule has 3 aromatic rings. The standard InChI is InChI=1S/C16H10ClFN2O2/c17-12-7-9(5-6-13(12)18)20-16(22)11-8-19-14-4-2-1-3-10(14)15(11)21/h1-8H,(H,19,21)(H,20,22). The second-order valence-corrected chi connectivity index (χ2v) is 5.07.